The van der Waals surface area contributed by atoms with E-state index in [1.54, 1.807) is 12.1 Å². The summed E-state index contributed by atoms with van der Waals surface area (Å²) < 4.78 is 10.5. The summed E-state index contributed by atoms with van der Waals surface area (Å²) in [4.78, 5) is 10.6. The van der Waals surface area contributed by atoms with Gasteiger partial charge in [-0.2, -0.15) is 5.26 Å². The highest BCUT2D eigenvalue weighted by Crippen LogP contribution is 2.43. The molecule has 2 aromatic rings. The number of benzene rings is 1. The quantitative estimate of drug-likeness (QED) is 0.643. The van der Waals surface area contributed by atoms with Crippen molar-refractivity contribution in [3.8, 4) is 11.9 Å². The van der Waals surface area contributed by atoms with Crippen molar-refractivity contribution in [3.05, 3.63) is 62.7 Å². The predicted octanol–water partition coefficient (Wildman–Crippen LogP) is 1.68. The van der Waals surface area contributed by atoms with Gasteiger partial charge in [0.05, 0.1) is 28.7 Å². The standard InChI is InChI=1S/C15H13N5O4/c1-23-7-11-13-12(8-3-2-4-9(5-8)20(21)22)10(6-16)14(17)24-15(13)19-18-11/h2-5,12H,7,17H2,1H3,(H,18,19). The van der Waals surface area contributed by atoms with E-state index in [0.29, 0.717) is 16.8 Å². The zero-order valence-electron chi connectivity index (χ0n) is 12.6. The van der Waals surface area contributed by atoms with Crippen molar-refractivity contribution in [2.75, 3.05) is 7.11 Å². The SMILES string of the molecule is COCc1[nH]nc2c1C(c1cccc([N+](=O)[O-])c1)C(C#N)=C(N)O2. The van der Waals surface area contributed by atoms with Gasteiger partial charge in [0.1, 0.15) is 11.6 Å². The Kier molecular flexibility index (Phi) is 3.89. The van der Waals surface area contributed by atoms with E-state index in [2.05, 4.69) is 10.2 Å². The van der Waals surface area contributed by atoms with Gasteiger partial charge in [-0.1, -0.05) is 12.1 Å². The molecule has 0 saturated heterocycles. The molecule has 1 aliphatic rings. The number of nitro groups is 1. The van der Waals surface area contributed by atoms with Gasteiger partial charge in [0.25, 0.3) is 5.69 Å². The highest BCUT2D eigenvalue weighted by atomic mass is 16.6. The molecule has 122 valence electrons. The minimum Gasteiger partial charge on any atom is -0.420 e. The Labute approximate surface area is 136 Å². The van der Waals surface area contributed by atoms with Crippen molar-refractivity contribution >= 4 is 5.69 Å². The maximum atomic E-state index is 11.1. The second kappa shape index (κ2) is 6.02. The maximum Gasteiger partial charge on any atom is 0.269 e. The molecule has 0 saturated carbocycles. The molecule has 2 heterocycles. The van der Waals surface area contributed by atoms with Crippen LogP contribution in [0.25, 0.3) is 0 Å². The van der Waals surface area contributed by atoms with Gasteiger partial charge in [0.15, 0.2) is 0 Å². The first-order chi connectivity index (χ1) is 11.6. The minimum absolute atomic E-state index is 0.0722. The van der Waals surface area contributed by atoms with E-state index in [1.807, 2.05) is 6.07 Å². The number of nitrogens with one attached hydrogen (secondary N) is 1. The average molecular weight is 327 g/mol. The Morgan fingerprint density at radius 3 is 3.04 bits per heavy atom. The number of aromatic amines is 1. The maximum absolute atomic E-state index is 11.1. The molecule has 1 aromatic carbocycles. The topological polar surface area (TPSA) is 140 Å². The van der Waals surface area contributed by atoms with Gasteiger partial charge >= 0.3 is 0 Å². The summed E-state index contributed by atoms with van der Waals surface area (Å²) in [5.74, 6) is -0.463. The van der Waals surface area contributed by atoms with E-state index in [-0.39, 0.29) is 29.6 Å². The molecule has 1 atom stereocenters. The fourth-order valence-electron chi connectivity index (χ4n) is 2.71. The molecule has 0 fully saturated rings. The molecular formula is C15H13N5O4. The van der Waals surface area contributed by atoms with Crippen molar-refractivity contribution in [1.29, 1.82) is 5.26 Å². The fourth-order valence-corrected chi connectivity index (χ4v) is 2.71. The lowest BCUT2D eigenvalue weighted by Gasteiger charge is -2.23. The molecular weight excluding hydrogens is 314 g/mol. The third-order valence-electron chi connectivity index (χ3n) is 3.72. The van der Waals surface area contributed by atoms with E-state index in [0.717, 1.165) is 0 Å². The number of nitrogens with two attached hydrogens (primary N) is 1. The molecule has 0 radical (unpaired) electrons. The lowest BCUT2D eigenvalue weighted by Crippen LogP contribution is -2.21. The van der Waals surface area contributed by atoms with Crippen LogP contribution in [0.3, 0.4) is 0 Å². The fraction of sp³-hybridized carbons (Fsp3) is 0.200. The number of hydrogen-bond acceptors (Lipinski definition) is 7. The van der Waals surface area contributed by atoms with Gasteiger partial charge in [-0.3, -0.25) is 15.2 Å². The van der Waals surface area contributed by atoms with E-state index in [9.17, 15) is 15.4 Å². The summed E-state index contributed by atoms with van der Waals surface area (Å²) in [5, 5.41) is 27.4. The molecule has 0 bridgehead atoms. The number of allylic oxidation sites excluding steroid dienone is 1. The highest BCUT2D eigenvalue weighted by Gasteiger charge is 2.35. The van der Waals surface area contributed by atoms with Crippen molar-refractivity contribution in [1.82, 2.24) is 10.2 Å². The summed E-state index contributed by atoms with van der Waals surface area (Å²) >= 11 is 0. The average Bonchev–Trinajstić information content (AvgIpc) is 2.96. The highest BCUT2D eigenvalue weighted by molar-refractivity contribution is 5.56. The van der Waals surface area contributed by atoms with Gasteiger partial charge in [-0.15, -0.1) is 5.10 Å². The van der Waals surface area contributed by atoms with E-state index >= 15 is 0 Å². The Bertz CT molecular complexity index is 880. The monoisotopic (exact) mass is 327 g/mol. The third-order valence-corrected chi connectivity index (χ3v) is 3.72. The largest absolute Gasteiger partial charge is 0.420 e. The smallest absolute Gasteiger partial charge is 0.269 e. The molecule has 9 nitrogen and oxygen atoms in total. The summed E-state index contributed by atoms with van der Waals surface area (Å²) in [5.41, 5.74) is 7.67. The number of ether oxygens (including phenoxy) is 2. The van der Waals surface area contributed by atoms with E-state index in [4.69, 9.17) is 15.2 Å². The second-order valence-electron chi connectivity index (χ2n) is 5.13. The van der Waals surface area contributed by atoms with Crippen molar-refractivity contribution in [3.63, 3.8) is 0 Å². The normalized spacial score (nSPS) is 16.2. The molecule has 0 amide bonds. The predicted molar refractivity (Wildman–Crippen MR) is 81.7 cm³/mol. The van der Waals surface area contributed by atoms with Crippen LogP contribution in [0, 0.1) is 21.4 Å². The van der Waals surface area contributed by atoms with Crippen LogP contribution in [-0.4, -0.2) is 22.2 Å². The van der Waals surface area contributed by atoms with Gasteiger partial charge in [0.2, 0.25) is 11.8 Å². The van der Waals surface area contributed by atoms with Crippen molar-refractivity contribution in [2.24, 2.45) is 5.73 Å². The zero-order valence-corrected chi connectivity index (χ0v) is 12.6. The van der Waals surface area contributed by atoms with Crippen LogP contribution in [0.5, 0.6) is 5.88 Å². The summed E-state index contributed by atoms with van der Waals surface area (Å²) in [6.45, 7) is 0.218. The molecule has 0 spiro atoms. The van der Waals surface area contributed by atoms with Gasteiger partial charge in [-0.25, -0.2) is 0 Å². The number of nitriles is 1. The van der Waals surface area contributed by atoms with Crippen LogP contribution in [0.2, 0.25) is 0 Å². The number of H-pyrrole nitrogens is 1. The van der Waals surface area contributed by atoms with Crippen LogP contribution < -0.4 is 10.5 Å². The van der Waals surface area contributed by atoms with Crippen molar-refractivity contribution < 1.29 is 14.4 Å². The van der Waals surface area contributed by atoms with Gasteiger partial charge < -0.3 is 15.2 Å². The first-order valence-corrected chi connectivity index (χ1v) is 6.94. The minimum atomic E-state index is -0.623. The van der Waals surface area contributed by atoms with Crippen LogP contribution in [0.1, 0.15) is 22.7 Å². The lowest BCUT2D eigenvalue weighted by molar-refractivity contribution is -0.384. The van der Waals surface area contributed by atoms with E-state index in [1.165, 1.54) is 19.2 Å². The summed E-state index contributed by atoms with van der Waals surface area (Å²) in [6, 6.07) is 8.08. The van der Waals surface area contributed by atoms with E-state index < -0.39 is 10.8 Å². The first-order valence-electron chi connectivity index (χ1n) is 6.94. The van der Waals surface area contributed by atoms with Gasteiger partial charge in [0, 0.05) is 19.2 Å². The molecule has 24 heavy (non-hydrogen) atoms. The zero-order chi connectivity index (χ0) is 17.3. The molecule has 3 rings (SSSR count). The lowest BCUT2D eigenvalue weighted by atomic mass is 9.84. The number of nitro benzene ring substituents is 1. The Morgan fingerprint density at radius 2 is 2.38 bits per heavy atom. The third kappa shape index (κ3) is 2.45. The number of non-ortho nitro benzene ring substituents is 1. The van der Waals surface area contributed by atoms with Crippen LogP contribution in [0.4, 0.5) is 5.69 Å². The number of rotatable bonds is 4. The summed E-state index contributed by atoms with van der Waals surface area (Å²) in [6.07, 6.45) is 0. The van der Waals surface area contributed by atoms with Crippen LogP contribution >= 0.6 is 0 Å². The van der Waals surface area contributed by atoms with Crippen LogP contribution in [0.15, 0.2) is 35.7 Å². The number of aromatic nitrogens is 2. The molecule has 1 unspecified atom stereocenters. The Morgan fingerprint density at radius 1 is 1.58 bits per heavy atom. The first kappa shape index (κ1) is 15.5. The molecule has 9 heteroatoms. The number of hydrogen-bond donors (Lipinski definition) is 2. The van der Waals surface area contributed by atoms with Crippen LogP contribution in [-0.2, 0) is 11.3 Å². The molecule has 3 N–H and O–H groups in total. The summed E-state index contributed by atoms with van der Waals surface area (Å²) in [7, 11) is 1.52. The van der Waals surface area contributed by atoms with Gasteiger partial charge in [-0.05, 0) is 5.56 Å². The molecule has 1 aliphatic heterocycles. The second-order valence-corrected chi connectivity index (χ2v) is 5.13. The molecule has 1 aromatic heterocycles. The number of fused-ring (bicyclic) bond motifs is 1. The number of methoxy groups -OCH3 is 1. The Balaban J connectivity index is 2.21. The number of nitrogens with zero attached hydrogens (tertiary/aromatic N) is 3. The molecule has 0 aliphatic carbocycles. The Hall–Kier alpha value is -3.38. The van der Waals surface area contributed by atoms with Crippen molar-refractivity contribution in [2.45, 2.75) is 12.5 Å².